The van der Waals surface area contributed by atoms with Gasteiger partial charge in [-0.1, -0.05) is 20.8 Å². The highest BCUT2D eigenvalue weighted by atomic mass is 16.4. The van der Waals surface area contributed by atoms with Crippen LogP contribution in [0.5, 0.6) is 0 Å². The van der Waals surface area contributed by atoms with Crippen molar-refractivity contribution in [2.24, 2.45) is 17.8 Å². The molecule has 0 aromatic heterocycles. The SMILES string of the molecule is CC(C)C[C@H](CNC(=O)N1CCC(C)C1)CC(=O)O. The smallest absolute Gasteiger partial charge is 0.317 e. The minimum absolute atomic E-state index is 0.0153. The molecule has 1 aliphatic heterocycles. The molecule has 0 spiro atoms. The number of likely N-dealkylation sites (tertiary alicyclic amines) is 1. The van der Waals surface area contributed by atoms with Gasteiger partial charge in [0.05, 0.1) is 0 Å². The summed E-state index contributed by atoms with van der Waals surface area (Å²) in [5, 5.41) is 11.8. The lowest BCUT2D eigenvalue weighted by molar-refractivity contribution is -0.138. The van der Waals surface area contributed by atoms with E-state index < -0.39 is 5.97 Å². The fourth-order valence-corrected chi connectivity index (χ4v) is 2.62. The second-order valence-corrected chi connectivity index (χ2v) is 6.12. The van der Waals surface area contributed by atoms with Gasteiger partial charge in [0, 0.05) is 26.1 Å². The number of urea groups is 1. The van der Waals surface area contributed by atoms with Gasteiger partial charge in [-0.2, -0.15) is 0 Å². The molecule has 1 rings (SSSR count). The summed E-state index contributed by atoms with van der Waals surface area (Å²) in [6.07, 6.45) is 2.00. The number of nitrogens with one attached hydrogen (secondary N) is 1. The second kappa shape index (κ2) is 7.36. The Morgan fingerprint density at radius 1 is 1.42 bits per heavy atom. The molecular weight excluding hydrogens is 244 g/mol. The Hall–Kier alpha value is -1.26. The van der Waals surface area contributed by atoms with Crippen LogP contribution < -0.4 is 5.32 Å². The highest BCUT2D eigenvalue weighted by molar-refractivity contribution is 5.74. The van der Waals surface area contributed by atoms with Crippen molar-refractivity contribution >= 4 is 12.0 Å². The van der Waals surface area contributed by atoms with Crippen LogP contribution in [0, 0.1) is 17.8 Å². The Morgan fingerprint density at radius 3 is 2.58 bits per heavy atom. The van der Waals surface area contributed by atoms with Crippen molar-refractivity contribution in [2.75, 3.05) is 19.6 Å². The van der Waals surface area contributed by atoms with Gasteiger partial charge in [-0.25, -0.2) is 4.79 Å². The molecule has 1 fully saturated rings. The molecule has 19 heavy (non-hydrogen) atoms. The number of carbonyl (C=O) groups excluding carboxylic acids is 1. The zero-order valence-corrected chi connectivity index (χ0v) is 12.2. The van der Waals surface area contributed by atoms with Crippen molar-refractivity contribution in [2.45, 2.75) is 40.0 Å². The minimum atomic E-state index is -0.797. The van der Waals surface area contributed by atoms with Gasteiger partial charge in [0.25, 0.3) is 0 Å². The van der Waals surface area contributed by atoms with Crippen LogP contribution in [0.2, 0.25) is 0 Å². The Kier molecular flexibility index (Phi) is 6.12. The predicted molar refractivity (Wildman–Crippen MR) is 74.0 cm³/mol. The normalized spacial score (nSPS) is 20.6. The molecule has 0 radical (unpaired) electrons. The van der Waals surface area contributed by atoms with E-state index in [-0.39, 0.29) is 18.4 Å². The number of carbonyl (C=O) groups is 2. The summed E-state index contributed by atoms with van der Waals surface area (Å²) >= 11 is 0. The lowest BCUT2D eigenvalue weighted by Crippen LogP contribution is -2.41. The molecule has 0 aromatic rings. The highest BCUT2D eigenvalue weighted by Gasteiger charge is 2.24. The highest BCUT2D eigenvalue weighted by Crippen LogP contribution is 2.17. The molecule has 5 nitrogen and oxygen atoms in total. The summed E-state index contributed by atoms with van der Waals surface area (Å²) < 4.78 is 0. The van der Waals surface area contributed by atoms with Crippen LogP contribution in [0.4, 0.5) is 4.79 Å². The van der Waals surface area contributed by atoms with E-state index in [0.29, 0.717) is 18.4 Å². The van der Waals surface area contributed by atoms with Gasteiger partial charge >= 0.3 is 12.0 Å². The molecule has 1 heterocycles. The number of rotatable bonds is 6. The topological polar surface area (TPSA) is 69.6 Å². The fourth-order valence-electron chi connectivity index (χ4n) is 2.62. The van der Waals surface area contributed by atoms with Crippen LogP contribution in [0.15, 0.2) is 0 Å². The van der Waals surface area contributed by atoms with Crippen LogP contribution in [0.3, 0.4) is 0 Å². The molecule has 0 aromatic carbocycles. The number of hydrogen-bond acceptors (Lipinski definition) is 2. The lowest BCUT2D eigenvalue weighted by atomic mass is 9.94. The number of aliphatic carboxylic acids is 1. The molecule has 2 amide bonds. The summed E-state index contributed by atoms with van der Waals surface area (Å²) in [6, 6.07) is -0.0523. The van der Waals surface area contributed by atoms with E-state index in [1.54, 1.807) is 0 Å². The number of carboxylic acid groups (broad SMARTS) is 1. The predicted octanol–water partition coefficient (Wildman–Crippen LogP) is 2.17. The van der Waals surface area contributed by atoms with Crippen molar-refractivity contribution < 1.29 is 14.7 Å². The molecule has 2 atom stereocenters. The summed E-state index contributed by atoms with van der Waals surface area (Å²) in [5.41, 5.74) is 0. The summed E-state index contributed by atoms with van der Waals surface area (Å²) in [6.45, 7) is 8.34. The van der Waals surface area contributed by atoms with E-state index in [9.17, 15) is 9.59 Å². The molecule has 1 aliphatic rings. The van der Waals surface area contributed by atoms with Crippen molar-refractivity contribution in [1.82, 2.24) is 10.2 Å². The maximum atomic E-state index is 11.9. The van der Waals surface area contributed by atoms with Gasteiger partial charge in [-0.15, -0.1) is 0 Å². The monoisotopic (exact) mass is 270 g/mol. The first kappa shape index (κ1) is 15.8. The van der Waals surface area contributed by atoms with Gasteiger partial charge in [-0.05, 0) is 30.6 Å². The van der Waals surface area contributed by atoms with Crippen LogP contribution >= 0.6 is 0 Å². The van der Waals surface area contributed by atoms with Crippen LogP contribution in [-0.4, -0.2) is 41.6 Å². The van der Waals surface area contributed by atoms with Crippen LogP contribution in [-0.2, 0) is 4.79 Å². The number of hydrogen-bond donors (Lipinski definition) is 2. The molecule has 0 aliphatic carbocycles. The van der Waals surface area contributed by atoms with Crippen molar-refractivity contribution in [3.05, 3.63) is 0 Å². The first-order chi connectivity index (χ1) is 8.88. The van der Waals surface area contributed by atoms with Crippen molar-refractivity contribution in [3.8, 4) is 0 Å². The molecule has 2 N–H and O–H groups in total. The molecular formula is C14H26N2O3. The number of nitrogens with zero attached hydrogens (tertiary/aromatic N) is 1. The summed E-state index contributed by atoms with van der Waals surface area (Å²) in [7, 11) is 0. The first-order valence-corrected chi connectivity index (χ1v) is 7.13. The number of amides is 2. The first-order valence-electron chi connectivity index (χ1n) is 7.13. The average molecular weight is 270 g/mol. The van der Waals surface area contributed by atoms with Gasteiger partial charge in [0.1, 0.15) is 0 Å². The summed E-state index contributed by atoms with van der Waals surface area (Å²) in [5.74, 6) is 0.223. The van der Waals surface area contributed by atoms with E-state index >= 15 is 0 Å². The molecule has 1 saturated heterocycles. The molecule has 5 heteroatoms. The van der Waals surface area contributed by atoms with Crippen LogP contribution in [0.25, 0.3) is 0 Å². The third-order valence-corrected chi connectivity index (χ3v) is 3.52. The van der Waals surface area contributed by atoms with E-state index in [1.807, 2.05) is 4.90 Å². The zero-order chi connectivity index (χ0) is 14.4. The second-order valence-electron chi connectivity index (χ2n) is 6.12. The largest absolute Gasteiger partial charge is 0.481 e. The standard InChI is InChI=1S/C14H26N2O3/c1-10(2)6-12(7-13(17)18)8-15-14(19)16-5-4-11(3)9-16/h10-12H,4-9H2,1-3H3,(H,15,19)(H,17,18)/t11?,12-/m0/s1. The molecule has 0 saturated carbocycles. The minimum Gasteiger partial charge on any atom is -0.481 e. The Labute approximate surface area is 115 Å². The van der Waals surface area contributed by atoms with Gasteiger partial charge in [0.15, 0.2) is 0 Å². The Morgan fingerprint density at radius 2 is 2.11 bits per heavy atom. The maximum Gasteiger partial charge on any atom is 0.317 e. The third-order valence-electron chi connectivity index (χ3n) is 3.52. The van der Waals surface area contributed by atoms with E-state index in [1.165, 1.54) is 0 Å². The van der Waals surface area contributed by atoms with Gasteiger partial charge < -0.3 is 15.3 Å². The van der Waals surface area contributed by atoms with E-state index in [0.717, 1.165) is 25.9 Å². The molecule has 1 unspecified atom stereocenters. The van der Waals surface area contributed by atoms with Crippen molar-refractivity contribution in [1.29, 1.82) is 0 Å². The number of carboxylic acids is 1. The van der Waals surface area contributed by atoms with Crippen LogP contribution in [0.1, 0.15) is 40.0 Å². The Bertz CT molecular complexity index is 318. The lowest BCUT2D eigenvalue weighted by Gasteiger charge is -2.21. The quantitative estimate of drug-likeness (QED) is 0.777. The third kappa shape index (κ3) is 5.94. The Balaban J connectivity index is 2.37. The van der Waals surface area contributed by atoms with Crippen molar-refractivity contribution in [3.63, 3.8) is 0 Å². The van der Waals surface area contributed by atoms with Gasteiger partial charge in [-0.3, -0.25) is 4.79 Å². The average Bonchev–Trinajstić information content (AvgIpc) is 2.71. The molecule has 110 valence electrons. The van der Waals surface area contributed by atoms with Gasteiger partial charge in [0.2, 0.25) is 0 Å². The van der Waals surface area contributed by atoms with E-state index in [2.05, 4.69) is 26.1 Å². The maximum absolute atomic E-state index is 11.9. The fraction of sp³-hybridized carbons (Fsp3) is 0.857. The zero-order valence-electron chi connectivity index (χ0n) is 12.2. The van der Waals surface area contributed by atoms with E-state index in [4.69, 9.17) is 5.11 Å². The molecule has 0 bridgehead atoms. The summed E-state index contributed by atoms with van der Waals surface area (Å²) in [4.78, 5) is 24.6.